The van der Waals surface area contributed by atoms with Crippen LogP contribution in [0.25, 0.3) is 0 Å². The summed E-state index contributed by atoms with van der Waals surface area (Å²) in [6, 6.07) is 4.52. The van der Waals surface area contributed by atoms with Crippen LogP contribution in [0.3, 0.4) is 0 Å². The van der Waals surface area contributed by atoms with Gasteiger partial charge in [0.25, 0.3) is 0 Å². The smallest absolute Gasteiger partial charge is 0.338 e. The molecule has 0 spiro atoms. The molecule has 6 heteroatoms. The first-order valence-corrected chi connectivity index (χ1v) is 4.75. The molecular formula is C11H10F3NO2. The number of amides is 1. The fraction of sp³-hybridized carbons (Fsp3) is 0.273. The Bertz CT molecular complexity index is 414. The highest BCUT2D eigenvalue weighted by Crippen LogP contribution is 2.23. The molecule has 0 saturated heterocycles. The largest absolute Gasteiger partial charge is 0.416 e. The van der Waals surface area contributed by atoms with Crippen LogP contribution in [0.5, 0.6) is 0 Å². The van der Waals surface area contributed by atoms with Gasteiger partial charge in [0, 0.05) is 12.5 Å². The average molecular weight is 245 g/mol. The van der Waals surface area contributed by atoms with Gasteiger partial charge in [-0.3, -0.25) is 9.59 Å². The highest BCUT2D eigenvalue weighted by molar-refractivity contribution is 6.02. The first-order valence-electron chi connectivity index (χ1n) is 4.75. The van der Waals surface area contributed by atoms with Crippen LogP contribution in [0.1, 0.15) is 17.3 Å². The minimum Gasteiger partial charge on any atom is -0.338 e. The van der Waals surface area contributed by atoms with Crippen LogP contribution in [0.4, 0.5) is 13.2 Å². The highest BCUT2D eigenvalue weighted by atomic mass is 19.4. The molecule has 92 valence electrons. The maximum absolute atomic E-state index is 12.6. The Morgan fingerprint density at radius 3 is 2.12 bits per heavy atom. The van der Waals surface area contributed by atoms with Gasteiger partial charge in [-0.15, -0.1) is 0 Å². The van der Waals surface area contributed by atoms with E-state index in [9.17, 15) is 22.8 Å². The van der Waals surface area contributed by atoms with E-state index in [0.29, 0.717) is 0 Å². The summed E-state index contributed by atoms with van der Waals surface area (Å²) in [4.78, 5) is 22.3. The van der Waals surface area contributed by atoms with E-state index in [1.54, 1.807) is 11.4 Å². The Morgan fingerprint density at radius 1 is 1.18 bits per heavy atom. The third-order valence-corrected chi connectivity index (χ3v) is 2.00. The predicted molar refractivity (Wildman–Crippen MR) is 54.4 cm³/mol. The van der Waals surface area contributed by atoms with E-state index in [4.69, 9.17) is 0 Å². The lowest BCUT2D eigenvalue weighted by Crippen LogP contribution is -2.50. The van der Waals surface area contributed by atoms with Crippen LogP contribution in [-0.2, 0) is 4.79 Å². The number of carbonyl (C=O) groups is 2. The van der Waals surface area contributed by atoms with Crippen molar-refractivity contribution in [3.63, 3.8) is 0 Å². The van der Waals surface area contributed by atoms with Crippen LogP contribution in [0.2, 0.25) is 0 Å². The van der Waals surface area contributed by atoms with Gasteiger partial charge in [0.15, 0.2) is 11.8 Å². The van der Waals surface area contributed by atoms with Gasteiger partial charge < -0.3 is 5.32 Å². The summed E-state index contributed by atoms with van der Waals surface area (Å²) in [5, 5.41) is 1.60. The van der Waals surface area contributed by atoms with Crippen molar-refractivity contribution in [3.8, 4) is 0 Å². The topological polar surface area (TPSA) is 46.2 Å². The Balaban J connectivity index is 3.00. The molecule has 0 radical (unpaired) electrons. The van der Waals surface area contributed by atoms with E-state index in [1.807, 2.05) is 0 Å². The maximum atomic E-state index is 12.6. The number of nitrogens with one attached hydrogen (secondary N) is 1. The van der Waals surface area contributed by atoms with Crippen LogP contribution in [-0.4, -0.2) is 23.9 Å². The Morgan fingerprint density at radius 2 is 1.71 bits per heavy atom. The van der Waals surface area contributed by atoms with Crippen molar-refractivity contribution in [3.05, 3.63) is 35.9 Å². The maximum Gasteiger partial charge on any atom is 0.416 e. The fourth-order valence-electron chi connectivity index (χ4n) is 1.27. The summed E-state index contributed by atoms with van der Waals surface area (Å²) >= 11 is 0. The molecule has 1 amide bonds. The summed E-state index contributed by atoms with van der Waals surface area (Å²) < 4.78 is 37.7. The molecule has 0 aliphatic rings. The van der Waals surface area contributed by atoms with E-state index < -0.39 is 23.9 Å². The van der Waals surface area contributed by atoms with Crippen molar-refractivity contribution in [1.82, 2.24) is 5.32 Å². The standard InChI is InChI=1S/C11H10F3NO2/c1-7(16)15-10(11(12,13)14)9(17)8-5-3-2-4-6-8/h2-6,10H,1H3,(H,15,16). The van der Waals surface area contributed by atoms with Crippen LogP contribution < -0.4 is 5.32 Å². The van der Waals surface area contributed by atoms with Gasteiger partial charge in [-0.25, -0.2) is 0 Å². The van der Waals surface area contributed by atoms with E-state index in [1.165, 1.54) is 24.3 Å². The third-order valence-electron chi connectivity index (χ3n) is 2.00. The van der Waals surface area contributed by atoms with Crippen LogP contribution in [0, 0.1) is 0 Å². The van der Waals surface area contributed by atoms with Gasteiger partial charge in [0.05, 0.1) is 0 Å². The molecule has 0 aromatic heterocycles. The number of benzene rings is 1. The zero-order chi connectivity index (χ0) is 13.1. The quantitative estimate of drug-likeness (QED) is 0.827. The van der Waals surface area contributed by atoms with E-state index in [2.05, 4.69) is 0 Å². The number of halogens is 3. The molecule has 1 rings (SSSR count). The molecule has 0 fully saturated rings. The first kappa shape index (κ1) is 13.2. The molecule has 1 N–H and O–H groups in total. The molecule has 1 atom stereocenters. The lowest BCUT2D eigenvalue weighted by Gasteiger charge is -2.19. The van der Waals surface area contributed by atoms with Gasteiger partial charge in [-0.2, -0.15) is 13.2 Å². The third kappa shape index (κ3) is 3.58. The Hall–Kier alpha value is -1.85. The summed E-state index contributed by atoms with van der Waals surface area (Å²) in [6.07, 6.45) is -4.81. The highest BCUT2D eigenvalue weighted by Gasteiger charge is 2.45. The molecule has 17 heavy (non-hydrogen) atoms. The number of carbonyl (C=O) groups excluding carboxylic acids is 2. The Kier molecular flexibility index (Phi) is 3.88. The van der Waals surface area contributed by atoms with Crippen molar-refractivity contribution in [2.45, 2.75) is 19.1 Å². The predicted octanol–water partition coefficient (Wildman–Crippen LogP) is 1.94. The van der Waals surface area contributed by atoms with Crippen molar-refractivity contribution in [2.24, 2.45) is 0 Å². The van der Waals surface area contributed by atoms with Crippen LogP contribution in [0.15, 0.2) is 30.3 Å². The van der Waals surface area contributed by atoms with E-state index in [-0.39, 0.29) is 5.56 Å². The molecule has 1 aromatic carbocycles. The van der Waals surface area contributed by atoms with E-state index in [0.717, 1.165) is 6.92 Å². The second-order valence-corrected chi connectivity index (χ2v) is 3.41. The van der Waals surface area contributed by atoms with Gasteiger partial charge in [-0.1, -0.05) is 30.3 Å². The molecule has 0 saturated carbocycles. The molecule has 0 bridgehead atoms. The number of ketones is 1. The molecule has 1 unspecified atom stereocenters. The lowest BCUT2D eigenvalue weighted by molar-refractivity contribution is -0.151. The van der Waals surface area contributed by atoms with E-state index >= 15 is 0 Å². The van der Waals surface area contributed by atoms with Gasteiger partial charge >= 0.3 is 6.18 Å². The van der Waals surface area contributed by atoms with Crippen molar-refractivity contribution in [1.29, 1.82) is 0 Å². The van der Waals surface area contributed by atoms with Crippen molar-refractivity contribution >= 4 is 11.7 Å². The zero-order valence-corrected chi connectivity index (χ0v) is 8.91. The first-order chi connectivity index (χ1) is 7.82. The summed E-state index contributed by atoms with van der Waals surface area (Å²) in [6.45, 7) is 0.928. The molecule has 0 heterocycles. The fourth-order valence-corrected chi connectivity index (χ4v) is 1.27. The number of hydrogen-bond acceptors (Lipinski definition) is 2. The number of rotatable bonds is 3. The zero-order valence-electron chi connectivity index (χ0n) is 8.91. The van der Waals surface area contributed by atoms with Gasteiger partial charge in [-0.05, 0) is 0 Å². The number of alkyl halides is 3. The number of Topliss-reactive ketones (excluding diaryl/α,β-unsaturated/α-hetero) is 1. The lowest BCUT2D eigenvalue weighted by atomic mass is 10.0. The summed E-state index contributed by atoms with van der Waals surface area (Å²) in [7, 11) is 0. The summed E-state index contributed by atoms with van der Waals surface area (Å²) in [5.41, 5.74) is -0.0939. The monoisotopic (exact) mass is 245 g/mol. The van der Waals surface area contributed by atoms with Crippen molar-refractivity contribution in [2.75, 3.05) is 0 Å². The molecule has 0 aliphatic heterocycles. The van der Waals surface area contributed by atoms with Gasteiger partial charge in [0.1, 0.15) is 0 Å². The average Bonchev–Trinajstić information content (AvgIpc) is 2.24. The van der Waals surface area contributed by atoms with Gasteiger partial charge in [0.2, 0.25) is 5.91 Å². The van der Waals surface area contributed by atoms with Crippen molar-refractivity contribution < 1.29 is 22.8 Å². The second-order valence-electron chi connectivity index (χ2n) is 3.41. The minimum atomic E-state index is -4.81. The summed E-state index contributed by atoms with van der Waals surface area (Å²) in [5.74, 6) is -2.08. The molecule has 3 nitrogen and oxygen atoms in total. The number of hydrogen-bond donors (Lipinski definition) is 1. The molecular weight excluding hydrogens is 235 g/mol. The second kappa shape index (κ2) is 4.99. The Labute approximate surface area is 95.6 Å². The molecule has 0 aliphatic carbocycles. The normalized spacial score (nSPS) is 12.9. The van der Waals surface area contributed by atoms with Crippen LogP contribution >= 0.6 is 0 Å². The molecule has 1 aromatic rings. The minimum absolute atomic E-state index is 0.0939. The SMILES string of the molecule is CC(=O)NC(C(=O)c1ccccc1)C(F)(F)F.